The van der Waals surface area contributed by atoms with Crippen molar-refractivity contribution in [2.24, 2.45) is 7.05 Å². The normalized spacial score (nSPS) is 16.7. The molecule has 1 N–H and O–H groups in total. The Morgan fingerprint density at radius 2 is 1.89 bits per heavy atom. The van der Waals surface area contributed by atoms with Crippen LogP contribution in [0.25, 0.3) is 22.0 Å². The van der Waals surface area contributed by atoms with Gasteiger partial charge >= 0.3 is 5.97 Å². The number of nitrogens with zero attached hydrogens (tertiary/aromatic N) is 4. The monoisotopic (exact) mass is 622 g/mol. The Kier molecular flexibility index (Phi) is 8.27. The van der Waals surface area contributed by atoms with Crippen molar-refractivity contribution in [3.05, 3.63) is 69.9 Å². The van der Waals surface area contributed by atoms with Crippen molar-refractivity contribution in [3.8, 4) is 16.9 Å². The average Bonchev–Trinajstić information content (AvgIpc) is 3.47. The number of carboxylic acid groups (broad SMARTS) is 1. The molecule has 44 heavy (non-hydrogen) atoms. The topological polar surface area (TPSA) is 107 Å². The van der Waals surface area contributed by atoms with E-state index < -0.39 is 21.8 Å². The lowest BCUT2D eigenvalue weighted by Gasteiger charge is -2.19. The molecular formula is C33H39FN4O5S. The molecule has 6 rings (SSSR count). The molecule has 2 aromatic heterocycles. The second-order valence-electron chi connectivity index (χ2n) is 11.8. The first kappa shape index (κ1) is 30.3. The average molecular weight is 623 g/mol. The van der Waals surface area contributed by atoms with Crippen LogP contribution in [-0.2, 0) is 55.8 Å². The smallest absolute Gasteiger partial charge is 0.352 e. The molecule has 0 spiro atoms. The Bertz CT molecular complexity index is 1860. The molecule has 0 amide bonds. The van der Waals surface area contributed by atoms with E-state index in [1.165, 1.54) is 35.0 Å². The van der Waals surface area contributed by atoms with Crippen molar-refractivity contribution >= 4 is 26.9 Å². The molecule has 1 aliphatic carbocycles. The van der Waals surface area contributed by atoms with Crippen LogP contribution in [0.1, 0.15) is 71.2 Å². The van der Waals surface area contributed by atoms with Crippen molar-refractivity contribution < 1.29 is 27.4 Å². The number of carbonyl (C=O) groups is 1. The van der Waals surface area contributed by atoms with E-state index in [0.717, 1.165) is 30.7 Å². The second kappa shape index (κ2) is 12.0. The minimum absolute atomic E-state index is 0.0127. The Hall–Kier alpha value is -3.70. The van der Waals surface area contributed by atoms with Crippen LogP contribution in [0.15, 0.2) is 30.3 Å². The van der Waals surface area contributed by atoms with Crippen LogP contribution in [0.4, 0.5) is 4.39 Å². The maximum atomic E-state index is 16.1. The van der Waals surface area contributed by atoms with Crippen molar-refractivity contribution in [2.45, 2.75) is 71.4 Å². The Morgan fingerprint density at radius 3 is 2.66 bits per heavy atom. The van der Waals surface area contributed by atoms with E-state index in [2.05, 4.69) is 11.2 Å². The molecule has 3 heterocycles. The van der Waals surface area contributed by atoms with Gasteiger partial charge in [-0.2, -0.15) is 9.40 Å². The number of rotatable bonds is 7. The van der Waals surface area contributed by atoms with Gasteiger partial charge in [-0.25, -0.2) is 17.6 Å². The first-order valence-electron chi connectivity index (χ1n) is 15.4. The molecule has 2 aromatic carbocycles. The molecule has 0 saturated carbocycles. The molecular weight excluding hydrogens is 583 g/mol. The first-order chi connectivity index (χ1) is 21.1. The minimum Gasteiger partial charge on any atom is -0.493 e. The lowest BCUT2D eigenvalue weighted by atomic mass is 9.91. The predicted octanol–water partition coefficient (Wildman–Crippen LogP) is 5.50. The van der Waals surface area contributed by atoms with Crippen LogP contribution < -0.4 is 4.74 Å². The van der Waals surface area contributed by atoms with E-state index in [1.807, 2.05) is 19.1 Å². The highest BCUT2D eigenvalue weighted by Gasteiger charge is 2.31. The summed E-state index contributed by atoms with van der Waals surface area (Å²) in [4.78, 5) is 12.9. The van der Waals surface area contributed by atoms with Crippen molar-refractivity contribution in [1.82, 2.24) is 18.7 Å². The van der Waals surface area contributed by atoms with Gasteiger partial charge in [0.25, 0.3) is 0 Å². The maximum absolute atomic E-state index is 16.1. The summed E-state index contributed by atoms with van der Waals surface area (Å²) in [6.07, 6.45) is 6.07. The summed E-state index contributed by atoms with van der Waals surface area (Å²) in [7, 11) is -0.393. The van der Waals surface area contributed by atoms with Gasteiger partial charge in [0.15, 0.2) is 0 Å². The summed E-state index contributed by atoms with van der Waals surface area (Å²) in [5, 5.41) is 15.8. The van der Waals surface area contributed by atoms with E-state index in [0.29, 0.717) is 53.6 Å². The summed E-state index contributed by atoms with van der Waals surface area (Å²) < 4.78 is 53.2. The number of ether oxygens (including phenoxy) is 1. The fraction of sp³-hybridized carbons (Fsp3) is 0.455. The van der Waals surface area contributed by atoms with E-state index in [1.54, 1.807) is 22.4 Å². The molecule has 1 aliphatic heterocycles. The van der Waals surface area contributed by atoms with Crippen molar-refractivity contribution in [1.29, 1.82) is 0 Å². The van der Waals surface area contributed by atoms with Gasteiger partial charge in [-0.3, -0.25) is 4.68 Å². The summed E-state index contributed by atoms with van der Waals surface area (Å²) in [5.41, 5.74) is 5.74. The number of aromatic nitrogens is 3. The maximum Gasteiger partial charge on any atom is 0.352 e. The highest BCUT2D eigenvalue weighted by Crippen LogP contribution is 2.41. The summed E-state index contributed by atoms with van der Waals surface area (Å²) in [5.74, 6) is -0.896. The fourth-order valence-corrected chi connectivity index (χ4v) is 8.18. The molecule has 234 valence electrons. The van der Waals surface area contributed by atoms with E-state index in [4.69, 9.17) is 4.74 Å². The SMILES string of the molecule is CCc1c2c(nn1C)CN(C)S(=O)(=O)CCCn1c(C(=O)O)c(CCCOc3cccc4c3CCCC4)c3ccc(F)c-2c31. The second-order valence-corrected chi connectivity index (χ2v) is 14.0. The van der Waals surface area contributed by atoms with Crippen LogP contribution in [0.2, 0.25) is 0 Å². The third kappa shape index (κ3) is 5.30. The molecule has 0 bridgehead atoms. The molecule has 9 nitrogen and oxygen atoms in total. The van der Waals surface area contributed by atoms with Gasteiger partial charge < -0.3 is 14.4 Å². The van der Waals surface area contributed by atoms with Crippen LogP contribution in [0.5, 0.6) is 5.75 Å². The molecule has 0 unspecified atom stereocenters. The minimum atomic E-state index is -3.66. The number of hydrogen-bond donors (Lipinski definition) is 1. The number of benzene rings is 2. The van der Waals surface area contributed by atoms with Crippen molar-refractivity contribution in [2.75, 3.05) is 19.4 Å². The number of carboxylic acids is 1. The molecule has 11 heteroatoms. The number of fused-ring (bicyclic) bond motifs is 3. The third-order valence-corrected chi connectivity index (χ3v) is 11.0. The van der Waals surface area contributed by atoms with Gasteiger partial charge in [-0.05, 0) is 86.3 Å². The number of sulfonamides is 1. The molecule has 0 fully saturated rings. The van der Waals surface area contributed by atoms with Crippen LogP contribution in [-0.4, -0.2) is 57.6 Å². The lowest BCUT2D eigenvalue weighted by Crippen LogP contribution is -2.29. The molecule has 4 aromatic rings. The molecule has 0 atom stereocenters. The highest BCUT2D eigenvalue weighted by molar-refractivity contribution is 7.89. The summed E-state index contributed by atoms with van der Waals surface area (Å²) in [6, 6.07) is 9.23. The Morgan fingerprint density at radius 1 is 1.09 bits per heavy atom. The van der Waals surface area contributed by atoms with Gasteiger partial charge in [-0.15, -0.1) is 0 Å². The van der Waals surface area contributed by atoms with Gasteiger partial charge in [0.05, 0.1) is 30.1 Å². The fourth-order valence-electron chi connectivity index (χ4n) is 7.06. The van der Waals surface area contributed by atoms with E-state index in [9.17, 15) is 18.3 Å². The van der Waals surface area contributed by atoms with Crippen LogP contribution >= 0.6 is 0 Å². The largest absolute Gasteiger partial charge is 0.493 e. The van der Waals surface area contributed by atoms with E-state index >= 15 is 4.39 Å². The molecule has 0 radical (unpaired) electrons. The van der Waals surface area contributed by atoms with E-state index in [-0.39, 0.29) is 36.5 Å². The van der Waals surface area contributed by atoms with Gasteiger partial charge in [0.1, 0.15) is 17.3 Å². The summed E-state index contributed by atoms with van der Waals surface area (Å²) >= 11 is 0. The van der Waals surface area contributed by atoms with Crippen LogP contribution in [0.3, 0.4) is 0 Å². The predicted molar refractivity (Wildman–Crippen MR) is 167 cm³/mol. The van der Waals surface area contributed by atoms with Crippen molar-refractivity contribution in [3.63, 3.8) is 0 Å². The zero-order valence-corrected chi connectivity index (χ0v) is 26.3. The van der Waals surface area contributed by atoms with Crippen LogP contribution in [0, 0.1) is 5.82 Å². The standard InChI is InChI=1S/C33H39FN4O5S/c1-4-27-30-26(35-37(27)3)20-36(2)44(41,42)19-9-17-38-31-24(15-16-25(34)29(30)31)23(32(38)33(39)40)13-8-18-43-28-14-7-11-21-10-5-6-12-22(21)28/h7,11,14-16H,4-6,8-10,12-13,17-20H2,1-3H3,(H,39,40). The Labute approximate surface area is 257 Å². The zero-order valence-electron chi connectivity index (χ0n) is 25.5. The number of halogens is 1. The number of aromatic carboxylic acids is 1. The van der Waals surface area contributed by atoms with Gasteiger partial charge in [0, 0.05) is 42.8 Å². The number of hydrogen-bond acceptors (Lipinski definition) is 5. The zero-order chi connectivity index (χ0) is 31.2. The lowest BCUT2D eigenvalue weighted by molar-refractivity contribution is 0.0684. The molecule has 0 saturated heterocycles. The van der Waals surface area contributed by atoms with Gasteiger partial charge in [0.2, 0.25) is 10.0 Å². The first-order valence-corrected chi connectivity index (χ1v) is 17.0. The molecule has 2 aliphatic rings. The summed E-state index contributed by atoms with van der Waals surface area (Å²) in [6.45, 7) is 2.46. The highest BCUT2D eigenvalue weighted by atomic mass is 32.2. The number of aryl methyl sites for hydroxylation is 4. The van der Waals surface area contributed by atoms with Gasteiger partial charge in [-0.1, -0.05) is 19.1 Å². The quantitative estimate of drug-likeness (QED) is 0.273. The Balaban J connectivity index is 1.46. The third-order valence-electron chi connectivity index (χ3n) is 9.12.